The molecule has 2 atom stereocenters. The van der Waals surface area contributed by atoms with Crippen molar-refractivity contribution in [3.63, 3.8) is 0 Å². The number of hydrogen-bond donors (Lipinski definition) is 6. The molecule has 0 saturated carbocycles. The summed E-state index contributed by atoms with van der Waals surface area (Å²) in [4.78, 5) is 49.0. The van der Waals surface area contributed by atoms with Gasteiger partial charge in [-0.25, -0.2) is 0 Å². The number of benzene rings is 2. The first-order valence-electron chi connectivity index (χ1n) is 12.0. The zero-order chi connectivity index (χ0) is 29.7. The van der Waals surface area contributed by atoms with Gasteiger partial charge in [-0.2, -0.15) is 0 Å². The van der Waals surface area contributed by atoms with Crippen LogP contribution in [0.5, 0.6) is 11.5 Å². The topological polar surface area (TPSA) is 215 Å². The number of carbonyl (C=O) groups is 4. The van der Waals surface area contributed by atoms with Gasteiger partial charge in [0.1, 0.15) is 23.6 Å². The first-order valence-corrected chi connectivity index (χ1v) is 12.0. The molecular weight excluding hydrogens is 532 g/mol. The minimum Gasteiger partial charge on any atom is -0.508 e. The van der Waals surface area contributed by atoms with Gasteiger partial charge in [-0.15, -0.1) is 0 Å². The zero-order valence-corrected chi connectivity index (χ0v) is 21.5. The molecule has 0 radical (unpaired) electrons. The van der Waals surface area contributed by atoms with Crippen molar-refractivity contribution in [2.45, 2.75) is 25.3 Å². The standard InChI is InChI=1S/C26H32N2O12/c29-19-5-1-17(2-6-19)13-39-15-21(25(35)36)27(11-23(31)32)9-10-28(12-24(33)34)22(26(37)38)16-40-14-18-3-7-20(30)8-4-18/h1-8,21-22,29-30H,9-16H2,(H,31,32)(H,33,34)(H,35,36)(H,37,38). The van der Waals surface area contributed by atoms with Gasteiger partial charge in [-0.1, -0.05) is 24.3 Å². The summed E-state index contributed by atoms with van der Waals surface area (Å²) >= 11 is 0. The maximum absolute atomic E-state index is 12.0. The third-order valence-corrected chi connectivity index (χ3v) is 5.76. The third kappa shape index (κ3) is 11.2. The van der Waals surface area contributed by atoms with E-state index in [9.17, 15) is 49.8 Å². The lowest BCUT2D eigenvalue weighted by atomic mass is 10.2. The normalized spacial score (nSPS) is 12.8. The van der Waals surface area contributed by atoms with Gasteiger partial charge in [-0.05, 0) is 35.4 Å². The fraction of sp³-hybridized carbons (Fsp3) is 0.385. The molecule has 2 aromatic carbocycles. The van der Waals surface area contributed by atoms with Gasteiger partial charge in [0.25, 0.3) is 0 Å². The minimum absolute atomic E-state index is 0.0183. The van der Waals surface area contributed by atoms with Crippen molar-refractivity contribution in [2.24, 2.45) is 0 Å². The molecule has 0 aliphatic rings. The predicted molar refractivity (Wildman–Crippen MR) is 137 cm³/mol. The fourth-order valence-corrected chi connectivity index (χ4v) is 3.72. The molecule has 2 aromatic rings. The fourth-order valence-electron chi connectivity index (χ4n) is 3.72. The van der Waals surface area contributed by atoms with E-state index in [1.807, 2.05) is 0 Å². The first-order chi connectivity index (χ1) is 19.0. The first kappa shape index (κ1) is 32.0. The number of ether oxygens (including phenoxy) is 2. The number of nitrogens with zero attached hydrogens (tertiary/aromatic N) is 2. The second kappa shape index (κ2) is 16.0. The van der Waals surface area contributed by atoms with Crippen LogP contribution in [0.2, 0.25) is 0 Å². The van der Waals surface area contributed by atoms with Crippen LogP contribution in [0.15, 0.2) is 48.5 Å². The molecule has 0 aromatic heterocycles. The molecule has 40 heavy (non-hydrogen) atoms. The number of carboxylic acids is 4. The Kier molecular flexibility index (Phi) is 12.8. The monoisotopic (exact) mass is 564 g/mol. The van der Waals surface area contributed by atoms with Gasteiger partial charge < -0.3 is 40.1 Å². The third-order valence-electron chi connectivity index (χ3n) is 5.76. The van der Waals surface area contributed by atoms with Crippen LogP contribution in [0, 0.1) is 0 Å². The lowest BCUT2D eigenvalue weighted by Gasteiger charge is -2.32. The van der Waals surface area contributed by atoms with Crippen LogP contribution in [-0.2, 0) is 41.9 Å². The molecular formula is C26H32N2O12. The van der Waals surface area contributed by atoms with E-state index in [-0.39, 0.29) is 37.8 Å². The number of rotatable bonds is 19. The van der Waals surface area contributed by atoms with Crippen LogP contribution < -0.4 is 0 Å². The molecule has 2 unspecified atom stereocenters. The largest absolute Gasteiger partial charge is 0.508 e. The molecule has 0 aliphatic carbocycles. The summed E-state index contributed by atoms with van der Waals surface area (Å²) in [5.74, 6) is -5.39. The Labute approximate surface area is 229 Å². The molecule has 0 fully saturated rings. The average Bonchev–Trinajstić information content (AvgIpc) is 2.88. The van der Waals surface area contributed by atoms with Gasteiger partial charge in [-0.3, -0.25) is 29.0 Å². The average molecular weight is 565 g/mol. The van der Waals surface area contributed by atoms with E-state index in [2.05, 4.69) is 0 Å². The molecule has 2 rings (SSSR count). The van der Waals surface area contributed by atoms with Crippen molar-refractivity contribution in [3.05, 3.63) is 59.7 Å². The predicted octanol–water partition coefficient (Wildman–Crippen LogP) is 0.511. The highest BCUT2D eigenvalue weighted by molar-refractivity contribution is 5.76. The molecule has 0 aliphatic heterocycles. The number of hydrogen-bond acceptors (Lipinski definition) is 10. The van der Waals surface area contributed by atoms with Crippen molar-refractivity contribution >= 4 is 23.9 Å². The SMILES string of the molecule is O=C(O)CN(CCN(CC(=O)O)C(COCc1ccc(O)cc1)C(=O)O)C(COCc1ccc(O)cc1)C(=O)O. The van der Waals surface area contributed by atoms with E-state index in [0.717, 1.165) is 9.80 Å². The second-order valence-electron chi connectivity index (χ2n) is 8.80. The molecule has 0 amide bonds. The van der Waals surface area contributed by atoms with Gasteiger partial charge in [0.15, 0.2) is 0 Å². The highest BCUT2D eigenvalue weighted by atomic mass is 16.5. The molecule has 0 bridgehead atoms. The van der Waals surface area contributed by atoms with Gasteiger partial charge in [0, 0.05) is 13.1 Å². The second-order valence-corrected chi connectivity index (χ2v) is 8.80. The van der Waals surface area contributed by atoms with Crippen LogP contribution in [0.1, 0.15) is 11.1 Å². The van der Waals surface area contributed by atoms with E-state index in [1.54, 1.807) is 24.3 Å². The highest BCUT2D eigenvalue weighted by Gasteiger charge is 2.32. The maximum atomic E-state index is 12.0. The lowest BCUT2D eigenvalue weighted by molar-refractivity contribution is -0.153. The quantitative estimate of drug-likeness (QED) is 0.137. The van der Waals surface area contributed by atoms with Crippen LogP contribution in [0.3, 0.4) is 0 Å². The summed E-state index contributed by atoms with van der Waals surface area (Å²) in [5.41, 5.74) is 1.27. The van der Waals surface area contributed by atoms with E-state index in [0.29, 0.717) is 11.1 Å². The summed E-state index contributed by atoms with van der Waals surface area (Å²) in [7, 11) is 0. The van der Waals surface area contributed by atoms with Crippen molar-refractivity contribution in [1.29, 1.82) is 0 Å². The Morgan fingerprint density at radius 2 is 0.925 bits per heavy atom. The van der Waals surface area contributed by atoms with Crippen LogP contribution in [0.25, 0.3) is 0 Å². The van der Waals surface area contributed by atoms with Crippen LogP contribution in [0.4, 0.5) is 0 Å². The van der Waals surface area contributed by atoms with Crippen molar-refractivity contribution < 1.29 is 59.3 Å². The summed E-state index contributed by atoms with van der Waals surface area (Å²) in [6.45, 7) is -2.93. The van der Waals surface area contributed by atoms with Crippen LogP contribution >= 0.6 is 0 Å². The highest BCUT2D eigenvalue weighted by Crippen LogP contribution is 2.13. The van der Waals surface area contributed by atoms with E-state index in [4.69, 9.17) is 9.47 Å². The van der Waals surface area contributed by atoms with Crippen molar-refractivity contribution in [1.82, 2.24) is 9.80 Å². The van der Waals surface area contributed by atoms with E-state index in [1.165, 1.54) is 24.3 Å². The molecule has 218 valence electrons. The molecule has 0 spiro atoms. The molecule has 0 saturated heterocycles. The van der Waals surface area contributed by atoms with E-state index >= 15 is 0 Å². The van der Waals surface area contributed by atoms with Crippen molar-refractivity contribution in [3.8, 4) is 11.5 Å². The Bertz CT molecular complexity index is 1030. The number of phenols is 2. The van der Waals surface area contributed by atoms with Crippen LogP contribution in [-0.4, -0.2) is 116 Å². The molecule has 6 N–H and O–H groups in total. The zero-order valence-electron chi connectivity index (χ0n) is 21.5. The summed E-state index contributed by atoms with van der Waals surface area (Å²) in [6, 6.07) is 9.10. The summed E-state index contributed by atoms with van der Waals surface area (Å²) in [5, 5.41) is 57.0. The smallest absolute Gasteiger partial charge is 0.323 e. The number of aliphatic carboxylic acids is 4. The molecule has 14 heteroatoms. The Morgan fingerprint density at radius 3 is 1.20 bits per heavy atom. The Morgan fingerprint density at radius 1 is 0.600 bits per heavy atom. The summed E-state index contributed by atoms with van der Waals surface area (Å²) < 4.78 is 10.9. The van der Waals surface area contributed by atoms with Gasteiger partial charge in [0.05, 0.1) is 39.5 Å². The van der Waals surface area contributed by atoms with E-state index < -0.39 is 62.3 Å². The number of aromatic hydroxyl groups is 2. The molecule has 0 heterocycles. The van der Waals surface area contributed by atoms with Gasteiger partial charge in [0.2, 0.25) is 0 Å². The number of phenolic OH excluding ortho intramolecular Hbond substituents is 2. The molecule has 14 nitrogen and oxygen atoms in total. The Hall–Kier alpha value is -4.24. The van der Waals surface area contributed by atoms with Gasteiger partial charge >= 0.3 is 23.9 Å². The maximum Gasteiger partial charge on any atom is 0.323 e. The lowest BCUT2D eigenvalue weighted by Crippen LogP contribution is -2.53. The summed E-state index contributed by atoms with van der Waals surface area (Å²) in [6.07, 6.45) is 0. The van der Waals surface area contributed by atoms with Crippen molar-refractivity contribution in [2.75, 3.05) is 39.4 Å². The minimum atomic E-state index is -1.44. The number of carboxylic acid groups (broad SMARTS) is 4. The Balaban J connectivity index is 2.09.